The van der Waals surface area contributed by atoms with E-state index in [1.54, 1.807) is 12.1 Å². The van der Waals surface area contributed by atoms with E-state index in [0.29, 0.717) is 23.1 Å². The molecule has 1 aromatic rings. The molecule has 0 bridgehead atoms. The molecule has 4 nitrogen and oxygen atoms in total. The highest BCUT2D eigenvalue weighted by Gasteiger charge is 2.41. The number of nitrogens with one attached hydrogen (secondary N) is 1. The number of benzene rings is 1. The Bertz CT molecular complexity index is 525. The van der Waals surface area contributed by atoms with Gasteiger partial charge in [0, 0.05) is 29.2 Å². The zero-order valence-corrected chi connectivity index (χ0v) is 12.4. The van der Waals surface area contributed by atoms with Gasteiger partial charge in [-0.15, -0.1) is 0 Å². The van der Waals surface area contributed by atoms with Crippen molar-refractivity contribution in [2.75, 3.05) is 13.2 Å². The van der Waals surface area contributed by atoms with Gasteiger partial charge in [-0.1, -0.05) is 17.7 Å². The normalized spacial score (nSPS) is 28.7. The summed E-state index contributed by atoms with van der Waals surface area (Å²) in [4.78, 5) is 4.29. The van der Waals surface area contributed by atoms with Gasteiger partial charge in [0.15, 0.2) is 5.96 Å². The number of hydrogen-bond donors (Lipinski definition) is 2. The van der Waals surface area contributed by atoms with E-state index >= 15 is 0 Å². The van der Waals surface area contributed by atoms with Crippen LogP contribution in [0.4, 0.5) is 4.39 Å². The van der Waals surface area contributed by atoms with Crippen LogP contribution in [0.5, 0.6) is 0 Å². The molecular formula is C15H19ClFN3O. The fourth-order valence-electron chi connectivity index (χ4n) is 2.76. The zero-order chi connectivity index (χ0) is 14.8. The molecule has 2 aliphatic rings. The molecule has 1 heterocycles. The van der Waals surface area contributed by atoms with E-state index in [0.717, 1.165) is 25.9 Å². The maximum Gasteiger partial charge on any atom is 0.188 e. The number of aliphatic imine (C=N–C) groups is 1. The molecule has 1 aliphatic heterocycles. The van der Waals surface area contributed by atoms with Gasteiger partial charge in [0.25, 0.3) is 0 Å². The first kappa shape index (κ1) is 14.6. The number of halogens is 2. The number of hydrogen-bond acceptors (Lipinski definition) is 2. The van der Waals surface area contributed by atoms with Crippen molar-refractivity contribution in [3.8, 4) is 0 Å². The lowest BCUT2D eigenvalue weighted by Crippen LogP contribution is -2.35. The predicted molar refractivity (Wildman–Crippen MR) is 81.2 cm³/mol. The van der Waals surface area contributed by atoms with Gasteiger partial charge in [0.1, 0.15) is 5.82 Å². The van der Waals surface area contributed by atoms with E-state index in [1.165, 1.54) is 6.07 Å². The van der Waals surface area contributed by atoms with Crippen LogP contribution in [0.2, 0.25) is 5.02 Å². The molecule has 0 spiro atoms. The first-order valence-corrected chi connectivity index (χ1v) is 7.65. The SMILES string of the molecule is NC(=NCC1CCCO1)N[C@@H]1C[C@H]1c1c(F)cccc1Cl. The van der Waals surface area contributed by atoms with E-state index in [4.69, 9.17) is 22.1 Å². The van der Waals surface area contributed by atoms with Crippen molar-refractivity contribution in [1.82, 2.24) is 5.32 Å². The van der Waals surface area contributed by atoms with Crippen molar-refractivity contribution in [2.24, 2.45) is 10.7 Å². The maximum absolute atomic E-state index is 13.8. The second-order valence-corrected chi connectivity index (χ2v) is 6.00. The van der Waals surface area contributed by atoms with Crippen molar-refractivity contribution in [3.63, 3.8) is 0 Å². The van der Waals surface area contributed by atoms with Gasteiger partial charge in [0.2, 0.25) is 0 Å². The summed E-state index contributed by atoms with van der Waals surface area (Å²) in [7, 11) is 0. The summed E-state index contributed by atoms with van der Waals surface area (Å²) < 4.78 is 19.3. The maximum atomic E-state index is 13.8. The number of guanidine groups is 1. The smallest absolute Gasteiger partial charge is 0.188 e. The molecule has 2 fully saturated rings. The highest BCUT2D eigenvalue weighted by atomic mass is 35.5. The molecule has 0 radical (unpaired) electrons. The van der Waals surface area contributed by atoms with Crippen LogP contribution in [-0.4, -0.2) is 31.3 Å². The third-order valence-electron chi connectivity index (χ3n) is 3.98. The Kier molecular flexibility index (Phi) is 4.31. The van der Waals surface area contributed by atoms with E-state index < -0.39 is 0 Å². The minimum absolute atomic E-state index is 0.0650. The van der Waals surface area contributed by atoms with Crippen LogP contribution in [0.25, 0.3) is 0 Å². The molecule has 3 rings (SSSR count). The number of nitrogens with two attached hydrogens (primary N) is 1. The van der Waals surface area contributed by atoms with Crippen LogP contribution in [0, 0.1) is 5.82 Å². The number of rotatable bonds is 4. The van der Waals surface area contributed by atoms with Crippen LogP contribution in [0.3, 0.4) is 0 Å². The first-order chi connectivity index (χ1) is 10.1. The van der Waals surface area contributed by atoms with Crippen LogP contribution < -0.4 is 11.1 Å². The average Bonchev–Trinajstić information content (AvgIpc) is 2.99. The first-order valence-electron chi connectivity index (χ1n) is 7.27. The quantitative estimate of drug-likeness (QED) is 0.663. The highest BCUT2D eigenvalue weighted by Crippen LogP contribution is 2.44. The fourth-order valence-corrected chi connectivity index (χ4v) is 3.07. The van der Waals surface area contributed by atoms with Gasteiger partial charge >= 0.3 is 0 Å². The van der Waals surface area contributed by atoms with E-state index in [9.17, 15) is 4.39 Å². The Labute approximate surface area is 128 Å². The Morgan fingerprint density at radius 3 is 3.10 bits per heavy atom. The third-order valence-corrected chi connectivity index (χ3v) is 4.31. The summed E-state index contributed by atoms with van der Waals surface area (Å²) in [5, 5.41) is 3.60. The third kappa shape index (κ3) is 3.47. The van der Waals surface area contributed by atoms with Crippen molar-refractivity contribution < 1.29 is 9.13 Å². The van der Waals surface area contributed by atoms with Gasteiger partial charge < -0.3 is 15.8 Å². The van der Waals surface area contributed by atoms with Gasteiger partial charge in [-0.05, 0) is 31.4 Å². The molecule has 114 valence electrons. The van der Waals surface area contributed by atoms with Gasteiger partial charge in [-0.3, -0.25) is 4.99 Å². The Morgan fingerprint density at radius 2 is 2.38 bits per heavy atom. The lowest BCUT2D eigenvalue weighted by atomic mass is 10.1. The van der Waals surface area contributed by atoms with Crippen LogP contribution in [0.1, 0.15) is 30.7 Å². The molecule has 0 aromatic heterocycles. The lowest BCUT2D eigenvalue weighted by molar-refractivity contribution is 0.118. The predicted octanol–water partition coefficient (Wildman–Crippen LogP) is 2.42. The molecule has 1 saturated carbocycles. The van der Waals surface area contributed by atoms with Gasteiger partial charge in [-0.25, -0.2) is 4.39 Å². The summed E-state index contributed by atoms with van der Waals surface area (Å²) in [6, 6.07) is 4.87. The van der Waals surface area contributed by atoms with Crippen molar-refractivity contribution in [2.45, 2.75) is 37.3 Å². The Balaban J connectivity index is 1.54. The molecule has 3 atom stereocenters. The second-order valence-electron chi connectivity index (χ2n) is 5.59. The number of ether oxygens (including phenoxy) is 1. The van der Waals surface area contributed by atoms with Crippen LogP contribution in [-0.2, 0) is 4.74 Å². The molecule has 3 N–H and O–H groups in total. The highest BCUT2D eigenvalue weighted by molar-refractivity contribution is 6.31. The average molecular weight is 312 g/mol. The summed E-state index contributed by atoms with van der Waals surface area (Å²) in [5.74, 6) is 0.201. The molecule has 1 aromatic carbocycles. The van der Waals surface area contributed by atoms with E-state index in [-0.39, 0.29) is 23.9 Å². The molecule has 0 amide bonds. The Morgan fingerprint density at radius 1 is 1.52 bits per heavy atom. The number of nitrogens with zero attached hydrogens (tertiary/aromatic N) is 1. The zero-order valence-electron chi connectivity index (χ0n) is 11.7. The van der Waals surface area contributed by atoms with Gasteiger partial charge in [0.05, 0.1) is 12.6 Å². The standard InChI is InChI=1S/C15H19ClFN3O/c16-11-4-1-5-12(17)14(11)10-7-13(10)20-15(18)19-8-9-3-2-6-21-9/h1,4-5,9-10,13H,2-3,6-8H2,(H3,18,19,20)/t9?,10-,13-/m1/s1. The molecular weight excluding hydrogens is 293 g/mol. The fraction of sp³-hybridized carbons (Fsp3) is 0.533. The van der Waals surface area contributed by atoms with Crippen LogP contribution in [0.15, 0.2) is 23.2 Å². The molecule has 21 heavy (non-hydrogen) atoms. The summed E-state index contributed by atoms with van der Waals surface area (Å²) >= 11 is 6.07. The molecule has 1 saturated heterocycles. The lowest BCUT2D eigenvalue weighted by Gasteiger charge is -2.09. The van der Waals surface area contributed by atoms with Crippen molar-refractivity contribution in [3.05, 3.63) is 34.6 Å². The van der Waals surface area contributed by atoms with Crippen molar-refractivity contribution >= 4 is 17.6 Å². The summed E-state index contributed by atoms with van der Waals surface area (Å²) in [6.45, 7) is 1.39. The minimum Gasteiger partial charge on any atom is -0.376 e. The molecule has 1 aliphatic carbocycles. The summed E-state index contributed by atoms with van der Waals surface area (Å²) in [5.41, 5.74) is 6.44. The molecule has 6 heteroatoms. The van der Waals surface area contributed by atoms with E-state index in [2.05, 4.69) is 10.3 Å². The monoisotopic (exact) mass is 311 g/mol. The van der Waals surface area contributed by atoms with Gasteiger partial charge in [-0.2, -0.15) is 0 Å². The van der Waals surface area contributed by atoms with Crippen molar-refractivity contribution in [1.29, 1.82) is 0 Å². The summed E-state index contributed by atoms with van der Waals surface area (Å²) in [6.07, 6.45) is 3.12. The van der Waals surface area contributed by atoms with Crippen LogP contribution >= 0.6 is 11.6 Å². The minimum atomic E-state index is -0.258. The topological polar surface area (TPSA) is 59.6 Å². The largest absolute Gasteiger partial charge is 0.376 e. The van der Waals surface area contributed by atoms with E-state index in [1.807, 2.05) is 0 Å². The Hall–Kier alpha value is -1.33. The molecule has 1 unspecified atom stereocenters. The second kappa shape index (κ2) is 6.20.